The minimum Gasteiger partial charge on any atom is -0.497 e. The molecule has 0 spiro atoms. The van der Waals surface area contributed by atoms with Crippen LogP contribution >= 0.6 is 11.3 Å². The van der Waals surface area contributed by atoms with Crippen molar-refractivity contribution in [3.8, 4) is 22.8 Å². The van der Waals surface area contributed by atoms with Gasteiger partial charge in [0.1, 0.15) is 11.5 Å². The Labute approximate surface area is 199 Å². The maximum atomic E-state index is 13.4. The second-order valence-corrected chi connectivity index (χ2v) is 10.9. The number of halogens is 3. The minimum atomic E-state index is -4.73. The first kappa shape index (κ1) is 24.3. The molecule has 34 heavy (non-hydrogen) atoms. The van der Waals surface area contributed by atoms with Crippen molar-refractivity contribution in [2.75, 3.05) is 32.2 Å². The third-order valence-electron chi connectivity index (χ3n) is 5.79. The summed E-state index contributed by atoms with van der Waals surface area (Å²) < 4.78 is 76.8. The number of piperidine rings is 1. The average Bonchev–Trinajstić information content (AvgIpc) is 3.33. The van der Waals surface area contributed by atoms with Crippen LogP contribution in [0, 0.1) is 0 Å². The highest BCUT2D eigenvalue weighted by Gasteiger charge is 2.40. The number of aromatic nitrogens is 1. The molecule has 4 rings (SSSR count). The summed E-state index contributed by atoms with van der Waals surface area (Å²) in [5, 5.41) is 1.74. The molecule has 11 heteroatoms. The lowest BCUT2D eigenvalue weighted by atomic mass is 10.1. The van der Waals surface area contributed by atoms with Crippen molar-refractivity contribution in [1.82, 2.24) is 4.98 Å². The molecular formula is C23H23F3N2O4S2. The molecule has 182 valence electrons. The summed E-state index contributed by atoms with van der Waals surface area (Å²) in [7, 11) is -0.994. The number of methoxy groups -OCH3 is 2. The fourth-order valence-corrected chi connectivity index (χ4v) is 6.82. The van der Waals surface area contributed by atoms with Crippen molar-refractivity contribution in [2.24, 2.45) is 0 Å². The molecule has 0 bridgehead atoms. The topological polar surface area (TPSA) is 68.7 Å². The molecule has 0 aliphatic carbocycles. The van der Waals surface area contributed by atoms with Crippen LogP contribution in [0.25, 0.3) is 11.3 Å². The van der Waals surface area contributed by atoms with E-state index in [0.717, 1.165) is 28.5 Å². The Balaban J connectivity index is 1.50. The van der Waals surface area contributed by atoms with E-state index in [0.29, 0.717) is 24.6 Å². The predicted molar refractivity (Wildman–Crippen MR) is 125 cm³/mol. The highest BCUT2D eigenvalue weighted by Crippen LogP contribution is 2.38. The van der Waals surface area contributed by atoms with Gasteiger partial charge in [0.15, 0.2) is 15.0 Å². The van der Waals surface area contributed by atoms with Crippen molar-refractivity contribution in [3.05, 3.63) is 53.4 Å². The first-order valence-corrected chi connectivity index (χ1v) is 12.9. The van der Waals surface area contributed by atoms with Gasteiger partial charge in [-0.05, 0) is 37.1 Å². The van der Waals surface area contributed by atoms with E-state index >= 15 is 0 Å². The molecule has 0 atom stereocenters. The van der Waals surface area contributed by atoms with Gasteiger partial charge in [-0.15, -0.1) is 11.3 Å². The fraction of sp³-hybridized carbons (Fsp3) is 0.348. The Kier molecular flexibility index (Phi) is 6.77. The number of anilines is 1. The maximum absolute atomic E-state index is 13.4. The third kappa shape index (κ3) is 4.85. The van der Waals surface area contributed by atoms with Gasteiger partial charge in [0.05, 0.1) is 35.6 Å². The van der Waals surface area contributed by atoms with E-state index in [9.17, 15) is 21.6 Å². The smallest absolute Gasteiger partial charge is 0.417 e. The number of rotatable bonds is 6. The van der Waals surface area contributed by atoms with Crippen molar-refractivity contribution in [2.45, 2.75) is 29.2 Å². The number of thiazole rings is 1. The van der Waals surface area contributed by atoms with Gasteiger partial charge in [-0.1, -0.05) is 12.1 Å². The summed E-state index contributed by atoms with van der Waals surface area (Å²) in [6.07, 6.45) is -4.29. The highest BCUT2D eigenvalue weighted by molar-refractivity contribution is 7.92. The summed E-state index contributed by atoms with van der Waals surface area (Å²) in [6, 6.07) is 9.83. The number of sulfone groups is 1. The van der Waals surface area contributed by atoms with Crippen molar-refractivity contribution in [3.63, 3.8) is 0 Å². The van der Waals surface area contributed by atoms with Crippen LogP contribution in [0.5, 0.6) is 11.5 Å². The van der Waals surface area contributed by atoms with Crippen LogP contribution in [0.1, 0.15) is 18.4 Å². The van der Waals surface area contributed by atoms with Gasteiger partial charge in [0.25, 0.3) is 0 Å². The van der Waals surface area contributed by atoms with E-state index in [1.165, 1.54) is 23.5 Å². The Morgan fingerprint density at radius 3 is 2.24 bits per heavy atom. The van der Waals surface area contributed by atoms with Crippen LogP contribution in [0.2, 0.25) is 0 Å². The van der Waals surface area contributed by atoms with Crippen molar-refractivity contribution in [1.29, 1.82) is 0 Å². The summed E-state index contributed by atoms with van der Waals surface area (Å²) in [6.45, 7) is 0.763. The quantitative estimate of drug-likeness (QED) is 0.447. The summed E-state index contributed by atoms with van der Waals surface area (Å²) in [5.41, 5.74) is 0.432. The number of hydrogen-bond acceptors (Lipinski definition) is 7. The van der Waals surface area contributed by atoms with Gasteiger partial charge in [-0.2, -0.15) is 13.2 Å². The van der Waals surface area contributed by atoms with Gasteiger partial charge in [0, 0.05) is 30.1 Å². The van der Waals surface area contributed by atoms with Crippen LogP contribution in [0.4, 0.5) is 18.3 Å². The molecule has 1 aliphatic rings. The molecule has 1 aliphatic heterocycles. The zero-order valence-electron chi connectivity index (χ0n) is 18.5. The van der Waals surface area contributed by atoms with E-state index < -0.39 is 31.7 Å². The van der Waals surface area contributed by atoms with E-state index in [1.807, 2.05) is 22.4 Å². The number of ether oxygens (including phenoxy) is 2. The molecule has 1 aromatic heterocycles. The summed E-state index contributed by atoms with van der Waals surface area (Å²) in [5.74, 6) is 1.27. The number of nitrogens with zero attached hydrogens (tertiary/aromatic N) is 2. The second-order valence-electron chi connectivity index (χ2n) is 7.84. The van der Waals surface area contributed by atoms with Crippen LogP contribution in [0.3, 0.4) is 0 Å². The molecular weight excluding hydrogens is 489 g/mol. The zero-order chi connectivity index (χ0) is 24.5. The SMILES string of the molecule is COc1cc(OC)cc(-c2csc(N3CCC(S(=O)(=O)c4ccccc4C(F)(F)F)CC3)n2)c1. The maximum Gasteiger partial charge on any atom is 0.417 e. The zero-order valence-corrected chi connectivity index (χ0v) is 20.1. The van der Waals surface area contributed by atoms with E-state index in [-0.39, 0.29) is 12.8 Å². The lowest BCUT2D eigenvalue weighted by Gasteiger charge is -2.31. The number of hydrogen-bond donors (Lipinski definition) is 0. The first-order chi connectivity index (χ1) is 16.1. The fourth-order valence-electron chi connectivity index (χ4n) is 3.98. The van der Waals surface area contributed by atoms with Crippen LogP contribution < -0.4 is 14.4 Å². The van der Waals surface area contributed by atoms with Gasteiger partial charge >= 0.3 is 6.18 Å². The van der Waals surface area contributed by atoms with Gasteiger partial charge in [-0.25, -0.2) is 13.4 Å². The highest BCUT2D eigenvalue weighted by atomic mass is 32.2. The standard InChI is InChI=1S/C23H23F3N2O4S2/c1-31-16-11-15(12-17(13-16)32-2)20-14-33-22(27-20)28-9-7-18(8-10-28)34(29,30)21-6-4-3-5-19(21)23(24,25)26/h3-6,11-14,18H,7-10H2,1-2H3. The van der Waals surface area contributed by atoms with Crippen LogP contribution in [0.15, 0.2) is 52.7 Å². The van der Waals surface area contributed by atoms with Crippen molar-refractivity contribution < 1.29 is 31.1 Å². The van der Waals surface area contributed by atoms with Gasteiger partial charge in [-0.3, -0.25) is 0 Å². The molecule has 0 radical (unpaired) electrons. The van der Waals surface area contributed by atoms with E-state index in [2.05, 4.69) is 4.98 Å². The Morgan fingerprint density at radius 2 is 1.65 bits per heavy atom. The summed E-state index contributed by atoms with van der Waals surface area (Å²) in [4.78, 5) is 6.00. The average molecular weight is 513 g/mol. The lowest BCUT2D eigenvalue weighted by Crippen LogP contribution is -2.39. The molecule has 6 nitrogen and oxygen atoms in total. The molecule has 3 aromatic rings. The molecule has 1 saturated heterocycles. The Hall–Kier alpha value is -2.79. The van der Waals surface area contributed by atoms with E-state index in [1.54, 1.807) is 20.3 Å². The molecule has 0 unspecified atom stereocenters. The predicted octanol–water partition coefficient (Wildman–Crippen LogP) is 5.29. The molecule has 0 saturated carbocycles. The minimum absolute atomic E-state index is 0.219. The molecule has 0 amide bonds. The Morgan fingerprint density at radius 1 is 1.03 bits per heavy atom. The Bertz CT molecular complexity index is 1240. The largest absolute Gasteiger partial charge is 0.497 e. The number of alkyl halides is 3. The van der Waals surface area contributed by atoms with Gasteiger partial charge < -0.3 is 14.4 Å². The van der Waals surface area contributed by atoms with Crippen LogP contribution in [-0.2, 0) is 16.0 Å². The summed E-state index contributed by atoms with van der Waals surface area (Å²) >= 11 is 1.42. The second kappa shape index (κ2) is 9.46. The van der Waals surface area contributed by atoms with Crippen LogP contribution in [-0.4, -0.2) is 46.0 Å². The normalized spacial score (nSPS) is 15.4. The molecule has 2 heterocycles. The first-order valence-electron chi connectivity index (χ1n) is 10.5. The molecule has 1 fully saturated rings. The monoisotopic (exact) mass is 512 g/mol. The third-order valence-corrected chi connectivity index (χ3v) is 9.01. The number of benzene rings is 2. The van der Waals surface area contributed by atoms with Crippen molar-refractivity contribution >= 4 is 26.3 Å². The molecule has 0 N–H and O–H groups in total. The lowest BCUT2D eigenvalue weighted by molar-refractivity contribution is -0.139. The van der Waals surface area contributed by atoms with Gasteiger partial charge in [0.2, 0.25) is 0 Å². The van der Waals surface area contributed by atoms with E-state index in [4.69, 9.17) is 9.47 Å². The molecule has 2 aromatic carbocycles.